The highest BCUT2D eigenvalue weighted by Crippen LogP contribution is 2.37. The Labute approximate surface area is 139 Å². The first-order valence-electron chi connectivity index (χ1n) is 8.58. The van der Waals surface area contributed by atoms with Crippen molar-refractivity contribution in [3.8, 4) is 0 Å². The summed E-state index contributed by atoms with van der Waals surface area (Å²) in [4.78, 5) is 11.4. The van der Waals surface area contributed by atoms with Crippen LogP contribution in [0.3, 0.4) is 0 Å². The number of fused-ring (bicyclic) bond motifs is 2. The van der Waals surface area contributed by atoms with E-state index in [9.17, 15) is 4.39 Å². The van der Waals surface area contributed by atoms with Gasteiger partial charge >= 0.3 is 0 Å². The van der Waals surface area contributed by atoms with E-state index in [2.05, 4.69) is 19.4 Å². The molecular weight excluding hydrogens is 303 g/mol. The minimum Gasteiger partial charge on any atom is -0.331 e. The molecule has 5 rings (SSSR count). The van der Waals surface area contributed by atoms with Crippen molar-refractivity contribution in [1.82, 2.24) is 19.4 Å². The van der Waals surface area contributed by atoms with Gasteiger partial charge in [0, 0.05) is 49.4 Å². The van der Waals surface area contributed by atoms with E-state index in [-0.39, 0.29) is 5.82 Å². The third kappa shape index (κ3) is 2.31. The highest BCUT2D eigenvalue weighted by Gasteiger charge is 2.29. The maximum absolute atomic E-state index is 14.0. The Kier molecular flexibility index (Phi) is 3.16. The zero-order valence-corrected chi connectivity index (χ0v) is 13.5. The smallest absolute Gasteiger partial charge is 0.132 e. The van der Waals surface area contributed by atoms with Gasteiger partial charge in [-0.1, -0.05) is 6.07 Å². The third-order valence-electron chi connectivity index (χ3n) is 5.16. The molecule has 0 atom stereocenters. The summed E-state index contributed by atoms with van der Waals surface area (Å²) in [7, 11) is 0. The molecule has 24 heavy (non-hydrogen) atoms. The molecule has 0 bridgehead atoms. The fraction of sp³-hybridized carbons (Fsp3) is 0.368. The van der Waals surface area contributed by atoms with Crippen molar-refractivity contribution in [3.05, 3.63) is 59.6 Å². The van der Waals surface area contributed by atoms with Crippen LogP contribution in [-0.4, -0.2) is 26.0 Å². The lowest BCUT2D eigenvalue weighted by Crippen LogP contribution is -2.31. The van der Waals surface area contributed by atoms with E-state index in [1.54, 1.807) is 24.4 Å². The predicted octanol–water partition coefficient (Wildman–Crippen LogP) is 3.46. The maximum Gasteiger partial charge on any atom is 0.132 e. The molecule has 1 fully saturated rings. The first-order valence-corrected chi connectivity index (χ1v) is 8.58. The highest BCUT2D eigenvalue weighted by atomic mass is 19.1. The zero-order chi connectivity index (χ0) is 16.1. The molecule has 0 unspecified atom stereocenters. The van der Waals surface area contributed by atoms with Crippen molar-refractivity contribution < 1.29 is 4.39 Å². The van der Waals surface area contributed by atoms with Gasteiger partial charge < -0.3 is 4.57 Å². The molecule has 0 saturated heterocycles. The Hall–Kier alpha value is -2.27. The SMILES string of the molecule is Fc1ccc(CN2CCc3c(ncn3C3CC3)C2)c2ncccc12. The number of nitrogens with zero attached hydrogens (tertiary/aromatic N) is 4. The van der Waals surface area contributed by atoms with Crippen LogP contribution in [-0.2, 0) is 19.5 Å². The molecule has 3 aromatic rings. The van der Waals surface area contributed by atoms with Crippen LogP contribution in [0.1, 0.15) is 35.8 Å². The summed E-state index contributed by atoms with van der Waals surface area (Å²) in [5.74, 6) is -0.203. The van der Waals surface area contributed by atoms with E-state index in [1.165, 1.54) is 24.2 Å². The van der Waals surface area contributed by atoms with Gasteiger partial charge in [-0.15, -0.1) is 0 Å². The molecule has 0 radical (unpaired) electrons. The lowest BCUT2D eigenvalue weighted by atomic mass is 10.1. The van der Waals surface area contributed by atoms with E-state index < -0.39 is 0 Å². The van der Waals surface area contributed by atoms with E-state index >= 15 is 0 Å². The average Bonchev–Trinajstić information content (AvgIpc) is 3.37. The standard InChI is InChI=1S/C19H19FN4/c20-16-6-3-13(19-15(16)2-1-8-21-19)10-23-9-7-18-17(11-23)22-12-24(18)14-4-5-14/h1-3,6,8,12,14H,4-5,7,9-11H2. The second-order valence-electron chi connectivity index (χ2n) is 6.84. The first kappa shape index (κ1) is 14.1. The Morgan fingerprint density at radius 3 is 2.96 bits per heavy atom. The van der Waals surface area contributed by atoms with Gasteiger partial charge in [0.1, 0.15) is 5.82 Å². The molecule has 0 spiro atoms. The molecule has 1 aliphatic carbocycles. The van der Waals surface area contributed by atoms with Gasteiger partial charge in [0.05, 0.1) is 17.5 Å². The van der Waals surface area contributed by atoms with E-state index in [0.717, 1.165) is 37.1 Å². The topological polar surface area (TPSA) is 34.0 Å². The normalized spacial score (nSPS) is 18.0. The number of rotatable bonds is 3. The molecule has 122 valence electrons. The van der Waals surface area contributed by atoms with Gasteiger partial charge in [-0.25, -0.2) is 9.37 Å². The Morgan fingerprint density at radius 1 is 1.17 bits per heavy atom. The second kappa shape index (κ2) is 5.38. The summed E-state index contributed by atoms with van der Waals surface area (Å²) < 4.78 is 16.3. The lowest BCUT2D eigenvalue weighted by Gasteiger charge is -2.27. The largest absolute Gasteiger partial charge is 0.331 e. The van der Waals surface area contributed by atoms with Gasteiger partial charge in [-0.05, 0) is 36.6 Å². The van der Waals surface area contributed by atoms with Crippen LogP contribution in [0.2, 0.25) is 0 Å². The van der Waals surface area contributed by atoms with Crippen LogP contribution >= 0.6 is 0 Å². The number of halogens is 1. The zero-order valence-electron chi connectivity index (χ0n) is 13.5. The van der Waals surface area contributed by atoms with Gasteiger partial charge in [-0.2, -0.15) is 0 Å². The Bertz CT molecular complexity index is 913. The van der Waals surface area contributed by atoms with Crippen molar-refractivity contribution in [2.24, 2.45) is 0 Å². The maximum atomic E-state index is 14.0. The van der Waals surface area contributed by atoms with Crippen LogP contribution in [0.5, 0.6) is 0 Å². The van der Waals surface area contributed by atoms with Crippen LogP contribution < -0.4 is 0 Å². The molecule has 0 amide bonds. The number of hydrogen-bond acceptors (Lipinski definition) is 3. The van der Waals surface area contributed by atoms with Crippen LogP contribution in [0.4, 0.5) is 4.39 Å². The molecule has 1 saturated carbocycles. The monoisotopic (exact) mass is 322 g/mol. The van der Waals surface area contributed by atoms with Gasteiger partial charge in [0.25, 0.3) is 0 Å². The molecule has 3 heterocycles. The summed E-state index contributed by atoms with van der Waals surface area (Å²) in [6.07, 6.45) is 7.37. The summed E-state index contributed by atoms with van der Waals surface area (Å²) >= 11 is 0. The molecule has 1 aromatic carbocycles. The number of benzene rings is 1. The lowest BCUT2D eigenvalue weighted by molar-refractivity contribution is 0.240. The van der Waals surface area contributed by atoms with Crippen molar-refractivity contribution in [3.63, 3.8) is 0 Å². The minimum absolute atomic E-state index is 0.203. The van der Waals surface area contributed by atoms with Gasteiger partial charge in [-0.3, -0.25) is 9.88 Å². The third-order valence-corrected chi connectivity index (χ3v) is 5.16. The molecule has 1 aliphatic heterocycles. The fourth-order valence-electron chi connectivity index (χ4n) is 3.75. The summed E-state index contributed by atoms with van der Waals surface area (Å²) in [5, 5.41) is 0.603. The van der Waals surface area contributed by atoms with Gasteiger partial charge in [0.15, 0.2) is 0 Å². The molecule has 0 N–H and O–H groups in total. The minimum atomic E-state index is -0.203. The summed E-state index contributed by atoms with van der Waals surface area (Å²) in [6.45, 7) is 2.65. The number of aromatic nitrogens is 3. The highest BCUT2D eigenvalue weighted by molar-refractivity contribution is 5.82. The fourth-order valence-corrected chi connectivity index (χ4v) is 3.75. The first-order chi connectivity index (χ1) is 11.8. The van der Waals surface area contributed by atoms with Crippen molar-refractivity contribution in [2.45, 2.75) is 38.4 Å². The second-order valence-corrected chi connectivity index (χ2v) is 6.84. The quantitative estimate of drug-likeness (QED) is 0.740. The molecule has 5 heteroatoms. The number of hydrogen-bond donors (Lipinski definition) is 0. The Balaban J connectivity index is 1.42. The Morgan fingerprint density at radius 2 is 2.08 bits per heavy atom. The van der Waals surface area contributed by atoms with Crippen molar-refractivity contribution >= 4 is 10.9 Å². The predicted molar refractivity (Wildman–Crippen MR) is 90.0 cm³/mol. The van der Waals surface area contributed by atoms with Gasteiger partial charge in [0.2, 0.25) is 0 Å². The van der Waals surface area contributed by atoms with E-state index in [4.69, 9.17) is 0 Å². The summed E-state index contributed by atoms with van der Waals surface area (Å²) in [6, 6.07) is 7.69. The van der Waals surface area contributed by atoms with Crippen LogP contribution in [0.15, 0.2) is 36.8 Å². The van der Waals surface area contributed by atoms with E-state index in [1.807, 2.05) is 12.4 Å². The molecular formula is C19H19FN4. The van der Waals surface area contributed by atoms with Crippen LogP contribution in [0.25, 0.3) is 10.9 Å². The summed E-state index contributed by atoms with van der Waals surface area (Å²) in [5.41, 5.74) is 4.47. The van der Waals surface area contributed by atoms with E-state index in [0.29, 0.717) is 11.4 Å². The molecule has 2 aliphatic rings. The van der Waals surface area contributed by atoms with Crippen LogP contribution in [0, 0.1) is 5.82 Å². The molecule has 4 nitrogen and oxygen atoms in total. The molecule has 2 aromatic heterocycles. The average molecular weight is 322 g/mol. The number of imidazole rings is 1. The number of pyridine rings is 1. The van der Waals surface area contributed by atoms with Crippen molar-refractivity contribution in [1.29, 1.82) is 0 Å². The van der Waals surface area contributed by atoms with Crippen molar-refractivity contribution in [2.75, 3.05) is 6.54 Å².